The van der Waals surface area contributed by atoms with Crippen LogP contribution >= 0.6 is 0 Å². The SMILES string of the molecule is NC(=O)C[C@H](CC(=O)O)c1ccc(F)cc1. The minimum absolute atomic E-state index is 0.0576. The summed E-state index contributed by atoms with van der Waals surface area (Å²) in [5.74, 6) is -2.50. The van der Waals surface area contributed by atoms with Crippen LogP contribution in [0.15, 0.2) is 24.3 Å². The maximum Gasteiger partial charge on any atom is 0.303 e. The minimum Gasteiger partial charge on any atom is -0.481 e. The summed E-state index contributed by atoms with van der Waals surface area (Å²) in [6, 6.07) is 5.38. The van der Waals surface area contributed by atoms with Crippen molar-refractivity contribution < 1.29 is 19.1 Å². The van der Waals surface area contributed by atoms with Gasteiger partial charge in [-0.25, -0.2) is 4.39 Å². The lowest BCUT2D eigenvalue weighted by atomic mass is 9.92. The zero-order valence-corrected chi connectivity index (χ0v) is 8.52. The summed E-state index contributed by atoms with van der Waals surface area (Å²) in [4.78, 5) is 21.4. The zero-order valence-electron chi connectivity index (χ0n) is 8.52. The van der Waals surface area contributed by atoms with Crippen molar-refractivity contribution in [2.45, 2.75) is 18.8 Å². The quantitative estimate of drug-likeness (QED) is 0.791. The Morgan fingerprint density at radius 1 is 1.25 bits per heavy atom. The molecule has 16 heavy (non-hydrogen) atoms. The van der Waals surface area contributed by atoms with Gasteiger partial charge in [0.25, 0.3) is 0 Å². The summed E-state index contributed by atoms with van der Waals surface area (Å²) in [5, 5.41) is 8.69. The largest absolute Gasteiger partial charge is 0.481 e. The Morgan fingerprint density at radius 2 is 1.81 bits per heavy atom. The molecule has 0 bridgehead atoms. The highest BCUT2D eigenvalue weighted by Gasteiger charge is 2.17. The number of halogens is 1. The highest BCUT2D eigenvalue weighted by atomic mass is 19.1. The first-order valence-electron chi connectivity index (χ1n) is 4.74. The Labute approximate surface area is 91.9 Å². The highest BCUT2D eigenvalue weighted by molar-refractivity contribution is 5.76. The Hall–Kier alpha value is -1.91. The predicted molar refractivity (Wildman–Crippen MR) is 55.2 cm³/mol. The zero-order chi connectivity index (χ0) is 12.1. The Balaban J connectivity index is 2.86. The van der Waals surface area contributed by atoms with Crippen molar-refractivity contribution in [2.24, 2.45) is 5.73 Å². The van der Waals surface area contributed by atoms with E-state index in [1.165, 1.54) is 24.3 Å². The number of nitrogens with two attached hydrogens (primary N) is 1. The molecular formula is C11H12FNO3. The lowest BCUT2D eigenvalue weighted by molar-refractivity contribution is -0.137. The molecule has 0 unspecified atom stereocenters. The number of primary amides is 1. The fourth-order valence-electron chi connectivity index (χ4n) is 1.50. The van der Waals surface area contributed by atoms with Gasteiger partial charge in [-0.3, -0.25) is 9.59 Å². The summed E-state index contributed by atoms with van der Waals surface area (Å²) < 4.78 is 12.7. The summed E-state index contributed by atoms with van der Waals surface area (Å²) >= 11 is 0. The van der Waals surface area contributed by atoms with Crippen LogP contribution in [0.2, 0.25) is 0 Å². The van der Waals surface area contributed by atoms with Crippen molar-refractivity contribution >= 4 is 11.9 Å². The number of rotatable bonds is 5. The average molecular weight is 225 g/mol. The van der Waals surface area contributed by atoms with Gasteiger partial charge in [0, 0.05) is 12.3 Å². The van der Waals surface area contributed by atoms with Crippen molar-refractivity contribution in [1.82, 2.24) is 0 Å². The standard InChI is InChI=1S/C11H12FNO3/c12-9-3-1-7(2-4-9)8(5-10(13)14)6-11(15)16/h1-4,8H,5-6H2,(H2,13,14)(H,15,16)/t8-/m1/s1. The molecule has 3 N–H and O–H groups in total. The van der Waals surface area contributed by atoms with E-state index >= 15 is 0 Å². The van der Waals surface area contributed by atoms with Crippen molar-refractivity contribution in [3.8, 4) is 0 Å². The van der Waals surface area contributed by atoms with Crippen LogP contribution in [0.3, 0.4) is 0 Å². The van der Waals surface area contributed by atoms with E-state index in [0.717, 1.165) is 0 Å². The lowest BCUT2D eigenvalue weighted by Gasteiger charge is -2.13. The summed E-state index contributed by atoms with van der Waals surface area (Å²) in [6.45, 7) is 0. The second kappa shape index (κ2) is 5.25. The van der Waals surface area contributed by atoms with Gasteiger partial charge in [0.2, 0.25) is 5.91 Å². The lowest BCUT2D eigenvalue weighted by Crippen LogP contribution is -2.17. The highest BCUT2D eigenvalue weighted by Crippen LogP contribution is 2.23. The van der Waals surface area contributed by atoms with Gasteiger partial charge in [-0.1, -0.05) is 12.1 Å². The summed E-state index contributed by atoms with van der Waals surface area (Å²) in [5.41, 5.74) is 5.63. The van der Waals surface area contributed by atoms with Crippen molar-refractivity contribution in [1.29, 1.82) is 0 Å². The molecule has 0 aliphatic rings. The molecule has 5 heteroatoms. The fourth-order valence-corrected chi connectivity index (χ4v) is 1.50. The normalized spacial score (nSPS) is 12.1. The molecule has 86 valence electrons. The molecule has 1 aromatic carbocycles. The van der Waals surface area contributed by atoms with E-state index in [4.69, 9.17) is 10.8 Å². The first-order valence-corrected chi connectivity index (χ1v) is 4.74. The van der Waals surface area contributed by atoms with Gasteiger partial charge < -0.3 is 10.8 Å². The third-order valence-corrected chi connectivity index (χ3v) is 2.21. The van der Waals surface area contributed by atoms with E-state index in [0.29, 0.717) is 5.56 Å². The van der Waals surface area contributed by atoms with Gasteiger partial charge in [-0.15, -0.1) is 0 Å². The number of amides is 1. The van der Waals surface area contributed by atoms with Gasteiger partial charge in [0.05, 0.1) is 6.42 Å². The van der Waals surface area contributed by atoms with Crippen LogP contribution < -0.4 is 5.73 Å². The molecule has 0 aromatic heterocycles. The van der Waals surface area contributed by atoms with Crippen molar-refractivity contribution in [3.05, 3.63) is 35.6 Å². The van der Waals surface area contributed by atoms with E-state index in [2.05, 4.69) is 0 Å². The smallest absolute Gasteiger partial charge is 0.303 e. The van der Waals surface area contributed by atoms with Crippen LogP contribution in [-0.2, 0) is 9.59 Å². The number of carboxylic acid groups (broad SMARTS) is 1. The van der Waals surface area contributed by atoms with Crippen LogP contribution in [0.1, 0.15) is 24.3 Å². The maximum absolute atomic E-state index is 12.7. The number of benzene rings is 1. The van der Waals surface area contributed by atoms with E-state index < -0.39 is 23.6 Å². The molecule has 1 atom stereocenters. The number of hydrogen-bond acceptors (Lipinski definition) is 2. The number of carbonyl (C=O) groups excluding carboxylic acids is 1. The third kappa shape index (κ3) is 3.68. The minimum atomic E-state index is -1.02. The van der Waals surface area contributed by atoms with Gasteiger partial charge in [-0.2, -0.15) is 0 Å². The molecule has 4 nitrogen and oxygen atoms in total. The van der Waals surface area contributed by atoms with Crippen molar-refractivity contribution in [3.63, 3.8) is 0 Å². The molecule has 0 radical (unpaired) electrons. The first-order chi connectivity index (χ1) is 7.49. The molecule has 1 rings (SSSR count). The molecule has 0 fully saturated rings. The number of carbonyl (C=O) groups is 2. The molecule has 0 heterocycles. The van der Waals surface area contributed by atoms with Gasteiger partial charge >= 0.3 is 5.97 Å². The Morgan fingerprint density at radius 3 is 2.25 bits per heavy atom. The number of aliphatic carboxylic acids is 1. The van der Waals surface area contributed by atoms with Crippen molar-refractivity contribution in [2.75, 3.05) is 0 Å². The maximum atomic E-state index is 12.7. The van der Waals surface area contributed by atoms with E-state index in [1.54, 1.807) is 0 Å². The predicted octanol–water partition coefficient (Wildman–Crippen LogP) is 1.26. The molecule has 1 amide bonds. The van der Waals surface area contributed by atoms with E-state index in [-0.39, 0.29) is 12.8 Å². The van der Waals surface area contributed by atoms with Crippen LogP contribution in [0.5, 0.6) is 0 Å². The second-order valence-corrected chi connectivity index (χ2v) is 3.52. The Kier molecular flexibility index (Phi) is 3.99. The van der Waals surface area contributed by atoms with Crippen LogP contribution in [-0.4, -0.2) is 17.0 Å². The molecule has 1 aromatic rings. The molecule has 0 saturated heterocycles. The van der Waals surface area contributed by atoms with E-state index in [9.17, 15) is 14.0 Å². The molecular weight excluding hydrogens is 213 g/mol. The van der Waals surface area contributed by atoms with Gasteiger partial charge in [0.1, 0.15) is 5.82 Å². The van der Waals surface area contributed by atoms with Crippen LogP contribution in [0, 0.1) is 5.82 Å². The van der Waals surface area contributed by atoms with Crippen LogP contribution in [0.25, 0.3) is 0 Å². The average Bonchev–Trinajstić information content (AvgIpc) is 2.16. The summed E-state index contributed by atoms with van der Waals surface area (Å²) in [7, 11) is 0. The first kappa shape index (κ1) is 12.2. The fraction of sp³-hybridized carbons (Fsp3) is 0.273. The number of carboxylic acids is 1. The van der Waals surface area contributed by atoms with Gasteiger partial charge in [0.15, 0.2) is 0 Å². The van der Waals surface area contributed by atoms with Gasteiger partial charge in [-0.05, 0) is 17.7 Å². The van der Waals surface area contributed by atoms with Crippen LogP contribution in [0.4, 0.5) is 4.39 Å². The molecule has 0 spiro atoms. The molecule has 0 aliphatic carbocycles. The molecule has 0 saturated carbocycles. The third-order valence-electron chi connectivity index (χ3n) is 2.21. The summed E-state index contributed by atoms with van der Waals surface area (Å²) in [6.07, 6.45) is -0.257. The van der Waals surface area contributed by atoms with E-state index in [1.807, 2.05) is 0 Å². The Bertz CT molecular complexity index is 373. The molecule has 0 aliphatic heterocycles. The topological polar surface area (TPSA) is 80.4 Å². The number of hydrogen-bond donors (Lipinski definition) is 2. The monoisotopic (exact) mass is 225 g/mol. The second-order valence-electron chi connectivity index (χ2n) is 3.52.